The summed E-state index contributed by atoms with van der Waals surface area (Å²) in [5.41, 5.74) is 1.44. The smallest absolute Gasteiger partial charge is 0.243 e. The Morgan fingerprint density at radius 2 is 1.76 bits per heavy atom. The first-order chi connectivity index (χ1) is 16.5. The number of ether oxygens (including phenoxy) is 3. The van der Waals surface area contributed by atoms with E-state index >= 15 is 0 Å². The van der Waals surface area contributed by atoms with Crippen LogP contribution in [0.5, 0.6) is 17.2 Å². The van der Waals surface area contributed by atoms with Gasteiger partial charge in [-0.05, 0) is 47.5 Å². The van der Waals surface area contributed by atoms with Crippen LogP contribution in [0.1, 0.15) is 5.56 Å². The molecule has 0 aliphatic carbocycles. The Morgan fingerprint density at radius 1 is 1.03 bits per heavy atom. The average molecular weight is 548 g/mol. The first-order valence-corrected chi connectivity index (χ1v) is 13.1. The lowest BCUT2D eigenvalue weighted by molar-refractivity contribution is 0.174. The van der Waals surface area contributed by atoms with Crippen molar-refractivity contribution < 1.29 is 27.0 Å². The van der Waals surface area contributed by atoms with Gasteiger partial charge in [-0.1, -0.05) is 52.3 Å². The quantitative estimate of drug-likeness (QED) is 0.330. The number of sulfonamides is 1. The second-order valence-corrected chi connectivity index (χ2v) is 10.2. The predicted octanol–water partition coefficient (Wildman–Crippen LogP) is 5.10. The molecule has 0 radical (unpaired) electrons. The van der Waals surface area contributed by atoms with E-state index in [1.165, 1.54) is 16.4 Å². The molecule has 34 heavy (non-hydrogen) atoms. The molecule has 0 bridgehead atoms. The maximum atomic E-state index is 13.4. The Hall–Kier alpha value is -2.88. The van der Waals surface area contributed by atoms with Crippen molar-refractivity contribution >= 4 is 32.0 Å². The van der Waals surface area contributed by atoms with Crippen LogP contribution in [0.3, 0.4) is 0 Å². The molecule has 0 amide bonds. The fourth-order valence-electron chi connectivity index (χ4n) is 3.42. The van der Waals surface area contributed by atoms with Crippen molar-refractivity contribution in [3.05, 3.63) is 89.8 Å². The Balaban J connectivity index is 1.60. The molecule has 1 aliphatic heterocycles. The summed E-state index contributed by atoms with van der Waals surface area (Å²) in [6, 6.07) is 19.5. The van der Waals surface area contributed by atoms with Crippen molar-refractivity contribution in [1.82, 2.24) is 4.31 Å². The highest BCUT2D eigenvalue weighted by atomic mass is 79.9. The molecule has 4 rings (SSSR count). The maximum absolute atomic E-state index is 13.4. The minimum absolute atomic E-state index is 0.102. The van der Waals surface area contributed by atoms with Crippen molar-refractivity contribution in [2.75, 3.05) is 31.8 Å². The number of rotatable bonds is 10. The van der Waals surface area contributed by atoms with Crippen LogP contribution in [-0.2, 0) is 10.0 Å². The molecule has 9 heteroatoms. The molecule has 1 heterocycles. The van der Waals surface area contributed by atoms with Gasteiger partial charge in [-0.3, -0.25) is 0 Å². The normalized spacial score (nSPS) is 13.3. The van der Waals surface area contributed by atoms with E-state index in [1.807, 2.05) is 6.08 Å². The van der Waals surface area contributed by atoms with Gasteiger partial charge in [-0.25, -0.2) is 12.8 Å². The van der Waals surface area contributed by atoms with E-state index in [9.17, 15) is 12.8 Å². The summed E-state index contributed by atoms with van der Waals surface area (Å²) in [7, 11) is -3.74. The summed E-state index contributed by atoms with van der Waals surface area (Å²) in [6.07, 6.45) is 1.81. The number of fused-ring (bicyclic) bond motifs is 1. The molecular formula is C25H23BrFNO5S. The van der Waals surface area contributed by atoms with E-state index in [4.69, 9.17) is 14.2 Å². The average Bonchev–Trinajstić information content (AvgIpc) is 3.32. The van der Waals surface area contributed by atoms with Crippen LogP contribution in [0, 0.1) is 5.82 Å². The van der Waals surface area contributed by atoms with Gasteiger partial charge in [0.25, 0.3) is 0 Å². The topological polar surface area (TPSA) is 65.1 Å². The molecule has 3 aromatic carbocycles. The van der Waals surface area contributed by atoms with Crippen molar-refractivity contribution in [3.8, 4) is 17.2 Å². The van der Waals surface area contributed by atoms with Crippen LogP contribution in [-0.4, -0.2) is 44.5 Å². The summed E-state index contributed by atoms with van der Waals surface area (Å²) in [5, 5.41) is 0.464. The van der Waals surface area contributed by atoms with Gasteiger partial charge in [0, 0.05) is 24.5 Å². The zero-order valence-corrected chi connectivity index (χ0v) is 20.6. The molecule has 0 saturated heterocycles. The highest BCUT2D eigenvalue weighted by molar-refractivity contribution is 9.09. The van der Waals surface area contributed by atoms with E-state index in [0.29, 0.717) is 28.2 Å². The number of halogens is 2. The summed E-state index contributed by atoms with van der Waals surface area (Å²) in [5.74, 6) is 1.45. The number of alkyl halides is 1. The van der Waals surface area contributed by atoms with E-state index < -0.39 is 10.0 Å². The van der Waals surface area contributed by atoms with Crippen molar-refractivity contribution in [1.29, 1.82) is 0 Å². The molecule has 178 valence electrons. The Kier molecular flexibility index (Phi) is 7.87. The highest BCUT2D eigenvalue weighted by Crippen LogP contribution is 2.35. The standard InChI is InChI=1S/C25H23BrFNO5S/c26-12-13-28(34(29,30)23-4-2-1-3-5-23)16-20(14-19-6-8-21(27)9-7-19)17-31-22-10-11-24-25(15-22)33-18-32-24/h1-11,14-15H,12-13,16-18H2/b20-14-. The lowest BCUT2D eigenvalue weighted by atomic mass is 10.1. The Labute approximate surface area is 206 Å². The predicted molar refractivity (Wildman–Crippen MR) is 131 cm³/mol. The van der Waals surface area contributed by atoms with Gasteiger partial charge >= 0.3 is 0 Å². The van der Waals surface area contributed by atoms with Crippen LogP contribution in [0.4, 0.5) is 4.39 Å². The largest absolute Gasteiger partial charge is 0.489 e. The zero-order chi connectivity index (χ0) is 24.0. The van der Waals surface area contributed by atoms with Gasteiger partial charge in [-0.15, -0.1) is 0 Å². The molecule has 0 N–H and O–H groups in total. The van der Waals surface area contributed by atoms with E-state index in [-0.39, 0.29) is 37.2 Å². The third kappa shape index (κ3) is 5.97. The second-order valence-electron chi connectivity index (χ2n) is 7.50. The van der Waals surface area contributed by atoms with Crippen LogP contribution in [0.2, 0.25) is 0 Å². The third-order valence-corrected chi connectivity index (χ3v) is 7.32. The van der Waals surface area contributed by atoms with Crippen molar-refractivity contribution in [3.63, 3.8) is 0 Å². The van der Waals surface area contributed by atoms with Gasteiger partial charge in [0.1, 0.15) is 18.2 Å². The van der Waals surface area contributed by atoms with Crippen LogP contribution in [0.15, 0.2) is 83.3 Å². The molecule has 6 nitrogen and oxygen atoms in total. The molecular weight excluding hydrogens is 525 g/mol. The fraction of sp³-hybridized carbons (Fsp3) is 0.200. The van der Waals surface area contributed by atoms with E-state index in [2.05, 4.69) is 15.9 Å². The molecule has 0 aromatic heterocycles. The molecule has 0 spiro atoms. The zero-order valence-electron chi connectivity index (χ0n) is 18.2. The van der Waals surface area contributed by atoms with Crippen LogP contribution in [0.25, 0.3) is 6.08 Å². The molecule has 1 aliphatic rings. The van der Waals surface area contributed by atoms with E-state index in [1.54, 1.807) is 60.7 Å². The third-order valence-electron chi connectivity index (χ3n) is 5.10. The van der Waals surface area contributed by atoms with Crippen molar-refractivity contribution in [2.24, 2.45) is 0 Å². The molecule has 0 unspecified atom stereocenters. The highest BCUT2D eigenvalue weighted by Gasteiger charge is 2.25. The number of benzene rings is 3. The SMILES string of the molecule is O=S(=O)(c1ccccc1)N(CCBr)C/C(=C/c1ccc(F)cc1)COc1ccc2c(c1)OCO2. The van der Waals surface area contributed by atoms with Gasteiger partial charge in [0.05, 0.1) is 4.90 Å². The minimum Gasteiger partial charge on any atom is -0.489 e. The fourth-order valence-corrected chi connectivity index (χ4v) is 5.55. The lowest BCUT2D eigenvalue weighted by Crippen LogP contribution is -2.35. The number of hydrogen-bond donors (Lipinski definition) is 0. The van der Waals surface area contributed by atoms with Gasteiger partial charge in [-0.2, -0.15) is 4.31 Å². The number of nitrogens with zero attached hydrogens (tertiary/aromatic N) is 1. The summed E-state index contributed by atoms with van der Waals surface area (Å²) in [6.45, 7) is 0.653. The minimum atomic E-state index is -3.74. The molecule has 0 atom stereocenters. The molecule has 0 fully saturated rings. The monoisotopic (exact) mass is 547 g/mol. The Morgan fingerprint density at radius 3 is 2.50 bits per heavy atom. The summed E-state index contributed by atoms with van der Waals surface area (Å²) in [4.78, 5) is 0.216. The van der Waals surface area contributed by atoms with E-state index in [0.717, 1.165) is 5.56 Å². The van der Waals surface area contributed by atoms with Crippen molar-refractivity contribution in [2.45, 2.75) is 4.90 Å². The first-order valence-electron chi connectivity index (χ1n) is 10.5. The van der Waals surface area contributed by atoms with Gasteiger partial charge in [0.15, 0.2) is 11.5 Å². The van der Waals surface area contributed by atoms with Crippen LogP contribution < -0.4 is 14.2 Å². The summed E-state index contributed by atoms with van der Waals surface area (Å²) >= 11 is 3.36. The lowest BCUT2D eigenvalue weighted by Gasteiger charge is -2.23. The number of hydrogen-bond acceptors (Lipinski definition) is 5. The van der Waals surface area contributed by atoms with Gasteiger partial charge < -0.3 is 14.2 Å². The van der Waals surface area contributed by atoms with Crippen LogP contribution >= 0.6 is 15.9 Å². The second kappa shape index (κ2) is 11.0. The first kappa shape index (κ1) is 24.3. The summed E-state index contributed by atoms with van der Waals surface area (Å²) < 4.78 is 58.1. The van der Waals surface area contributed by atoms with Gasteiger partial charge in [0.2, 0.25) is 16.8 Å². The molecule has 0 saturated carbocycles. The maximum Gasteiger partial charge on any atom is 0.243 e. The molecule has 3 aromatic rings. The Bertz CT molecular complexity index is 1250.